The molecule has 4 aromatic rings. The van der Waals surface area contributed by atoms with Crippen molar-refractivity contribution in [1.82, 2.24) is 14.8 Å². The van der Waals surface area contributed by atoms with E-state index in [-0.39, 0.29) is 24.3 Å². The highest BCUT2D eigenvalue weighted by atomic mass is 32.2. The second-order valence-corrected chi connectivity index (χ2v) is 9.55. The van der Waals surface area contributed by atoms with Crippen molar-refractivity contribution >= 4 is 23.4 Å². The monoisotopic (exact) mass is 486 g/mol. The zero-order valence-corrected chi connectivity index (χ0v) is 21.3. The number of thioether (sulfide) groups is 1. The summed E-state index contributed by atoms with van der Waals surface area (Å²) in [4.78, 5) is 15.1. The lowest BCUT2D eigenvalue weighted by molar-refractivity contribution is -0.116. The third-order valence-corrected chi connectivity index (χ3v) is 6.46. The fourth-order valence-electron chi connectivity index (χ4n) is 3.96. The number of aromatic nitrogens is 3. The van der Waals surface area contributed by atoms with Crippen LogP contribution in [0.1, 0.15) is 30.8 Å². The van der Waals surface area contributed by atoms with Gasteiger partial charge in [-0.3, -0.25) is 9.36 Å². The van der Waals surface area contributed by atoms with E-state index in [1.54, 1.807) is 0 Å². The number of hydrogen-bond donors (Lipinski definition) is 0. The Bertz CT molecular complexity index is 1270. The van der Waals surface area contributed by atoms with Crippen molar-refractivity contribution in [3.63, 3.8) is 0 Å². The first kappa shape index (κ1) is 24.5. The predicted molar refractivity (Wildman–Crippen MR) is 141 cm³/mol. The van der Waals surface area contributed by atoms with E-state index in [9.17, 15) is 4.79 Å². The van der Waals surface area contributed by atoms with Gasteiger partial charge in [0.2, 0.25) is 5.91 Å². The number of carbonyl (C=O) groups excluding carboxylic acids is 1. The average molecular weight is 487 g/mol. The van der Waals surface area contributed by atoms with E-state index in [0.717, 1.165) is 22.7 Å². The molecule has 0 unspecified atom stereocenters. The maximum atomic E-state index is 13.3. The summed E-state index contributed by atoms with van der Waals surface area (Å²) in [7, 11) is 0. The number of aryl methyl sites for hydroxylation is 2. The van der Waals surface area contributed by atoms with E-state index in [4.69, 9.17) is 4.74 Å². The number of carbonyl (C=O) groups is 1. The van der Waals surface area contributed by atoms with Gasteiger partial charge >= 0.3 is 0 Å². The molecule has 180 valence electrons. The molecule has 0 aliphatic carbocycles. The fourth-order valence-corrected chi connectivity index (χ4v) is 4.79. The second kappa shape index (κ2) is 11.2. The van der Waals surface area contributed by atoms with Crippen LogP contribution in [-0.2, 0) is 11.4 Å². The van der Waals surface area contributed by atoms with Crippen molar-refractivity contribution in [3.8, 4) is 11.4 Å². The predicted octanol–water partition coefficient (Wildman–Crippen LogP) is 6.00. The molecule has 1 heterocycles. The second-order valence-electron chi connectivity index (χ2n) is 8.61. The van der Waals surface area contributed by atoms with Gasteiger partial charge in [-0.2, -0.15) is 0 Å². The third-order valence-electron chi connectivity index (χ3n) is 5.55. The lowest BCUT2D eigenvalue weighted by Crippen LogP contribution is -2.38. The minimum atomic E-state index is 0.0217. The molecule has 7 heteroatoms. The third kappa shape index (κ3) is 5.92. The first-order valence-corrected chi connectivity index (χ1v) is 12.6. The topological polar surface area (TPSA) is 60.2 Å². The lowest BCUT2D eigenvalue weighted by atomic mass is 10.1. The molecule has 0 atom stereocenters. The SMILES string of the molecule is Cc1ccc(-n2c(COc3ccccc3)nnc2SCC(=O)N(c2ccccc2)C(C)C)c(C)c1. The van der Waals surface area contributed by atoms with Gasteiger partial charge in [-0.25, -0.2) is 0 Å². The van der Waals surface area contributed by atoms with Crippen molar-refractivity contribution in [2.45, 2.75) is 45.5 Å². The Hall–Kier alpha value is -3.58. The van der Waals surface area contributed by atoms with Gasteiger partial charge in [0.15, 0.2) is 11.0 Å². The molecule has 0 fully saturated rings. The van der Waals surface area contributed by atoms with Crippen LogP contribution in [0.3, 0.4) is 0 Å². The molecule has 6 nitrogen and oxygen atoms in total. The standard InChI is InChI=1S/C28H30N4O2S/c1-20(2)31(23-11-7-5-8-12-23)27(33)19-35-28-30-29-26(18-34-24-13-9-6-10-14-24)32(28)25-16-15-21(3)17-22(25)4/h5-17,20H,18-19H2,1-4H3. The maximum absolute atomic E-state index is 13.3. The summed E-state index contributed by atoms with van der Waals surface area (Å²) in [5.41, 5.74) is 4.15. The van der Waals surface area contributed by atoms with Crippen LogP contribution in [0.4, 0.5) is 5.69 Å². The number of anilines is 1. The van der Waals surface area contributed by atoms with E-state index in [1.165, 1.54) is 17.3 Å². The van der Waals surface area contributed by atoms with Crippen molar-refractivity contribution in [2.75, 3.05) is 10.7 Å². The van der Waals surface area contributed by atoms with Crippen LogP contribution in [-0.4, -0.2) is 32.5 Å². The van der Waals surface area contributed by atoms with Gasteiger partial charge in [0.25, 0.3) is 0 Å². The van der Waals surface area contributed by atoms with E-state index >= 15 is 0 Å². The van der Waals surface area contributed by atoms with Gasteiger partial charge < -0.3 is 9.64 Å². The Kier molecular flexibility index (Phi) is 7.87. The maximum Gasteiger partial charge on any atom is 0.237 e. The Morgan fingerprint density at radius 3 is 2.31 bits per heavy atom. The van der Waals surface area contributed by atoms with Gasteiger partial charge in [-0.15, -0.1) is 10.2 Å². The minimum absolute atomic E-state index is 0.0217. The first-order valence-electron chi connectivity index (χ1n) is 11.6. The van der Waals surface area contributed by atoms with Crippen LogP contribution in [0.2, 0.25) is 0 Å². The molecule has 1 amide bonds. The summed E-state index contributed by atoms with van der Waals surface area (Å²) in [6, 6.07) is 25.7. The van der Waals surface area contributed by atoms with Crippen LogP contribution in [0.25, 0.3) is 5.69 Å². The van der Waals surface area contributed by atoms with Gasteiger partial charge in [-0.05, 0) is 63.6 Å². The van der Waals surface area contributed by atoms with E-state index in [0.29, 0.717) is 11.0 Å². The fraction of sp³-hybridized carbons (Fsp3) is 0.250. The molecular formula is C28H30N4O2S. The molecule has 0 aliphatic heterocycles. The highest BCUT2D eigenvalue weighted by molar-refractivity contribution is 7.99. The summed E-state index contributed by atoms with van der Waals surface area (Å²) >= 11 is 1.39. The largest absolute Gasteiger partial charge is 0.486 e. The van der Waals surface area contributed by atoms with Crippen LogP contribution in [0.15, 0.2) is 84.0 Å². The zero-order chi connectivity index (χ0) is 24.8. The molecule has 0 saturated heterocycles. The molecule has 3 aromatic carbocycles. The number of hydrogen-bond acceptors (Lipinski definition) is 5. The smallest absolute Gasteiger partial charge is 0.237 e. The summed E-state index contributed by atoms with van der Waals surface area (Å²) in [5.74, 6) is 1.71. The number of benzene rings is 3. The molecule has 4 rings (SSSR count). The molecule has 0 aliphatic rings. The quantitative estimate of drug-likeness (QED) is 0.272. The number of rotatable bonds is 9. The molecule has 0 saturated carbocycles. The molecule has 0 bridgehead atoms. The Morgan fingerprint density at radius 2 is 1.66 bits per heavy atom. The highest BCUT2D eigenvalue weighted by Crippen LogP contribution is 2.27. The molecule has 0 spiro atoms. The molecule has 1 aromatic heterocycles. The van der Waals surface area contributed by atoms with E-state index in [1.807, 2.05) is 84.0 Å². The van der Waals surface area contributed by atoms with Gasteiger partial charge in [0.1, 0.15) is 12.4 Å². The summed E-state index contributed by atoms with van der Waals surface area (Å²) in [6.45, 7) is 8.45. The van der Waals surface area contributed by atoms with Crippen LogP contribution in [0, 0.1) is 13.8 Å². The molecule has 35 heavy (non-hydrogen) atoms. The van der Waals surface area contributed by atoms with Gasteiger partial charge in [0.05, 0.1) is 11.4 Å². The first-order chi connectivity index (χ1) is 16.9. The summed E-state index contributed by atoms with van der Waals surface area (Å²) < 4.78 is 7.97. The van der Waals surface area contributed by atoms with Crippen molar-refractivity contribution in [1.29, 1.82) is 0 Å². The average Bonchev–Trinajstić information content (AvgIpc) is 3.25. The highest BCUT2D eigenvalue weighted by Gasteiger charge is 2.22. The van der Waals surface area contributed by atoms with Crippen molar-refractivity contribution in [2.24, 2.45) is 0 Å². The molecule has 0 N–H and O–H groups in total. The summed E-state index contributed by atoms with van der Waals surface area (Å²) in [5, 5.41) is 9.53. The summed E-state index contributed by atoms with van der Waals surface area (Å²) in [6.07, 6.45) is 0. The van der Waals surface area contributed by atoms with Crippen molar-refractivity contribution < 1.29 is 9.53 Å². The van der Waals surface area contributed by atoms with Gasteiger partial charge in [-0.1, -0.05) is 65.9 Å². The van der Waals surface area contributed by atoms with E-state index < -0.39 is 0 Å². The van der Waals surface area contributed by atoms with Gasteiger partial charge in [0, 0.05) is 11.7 Å². The normalized spacial score (nSPS) is 11.0. The molecular weight excluding hydrogens is 456 g/mol. The number of amides is 1. The Balaban J connectivity index is 1.60. The lowest BCUT2D eigenvalue weighted by Gasteiger charge is -2.26. The zero-order valence-electron chi connectivity index (χ0n) is 20.5. The Labute approximate surface area is 211 Å². The van der Waals surface area contributed by atoms with Crippen LogP contribution >= 0.6 is 11.8 Å². The van der Waals surface area contributed by atoms with Crippen LogP contribution < -0.4 is 9.64 Å². The molecule has 0 radical (unpaired) electrons. The Morgan fingerprint density at radius 1 is 0.971 bits per heavy atom. The number of para-hydroxylation sites is 2. The number of nitrogens with zero attached hydrogens (tertiary/aromatic N) is 4. The van der Waals surface area contributed by atoms with Crippen molar-refractivity contribution in [3.05, 3.63) is 95.8 Å². The minimum Gasteiger partial charge on any atom is -0.486 e. The van der Waals surface area contributed by atoms with Crippen LogP contribution in [0.5, 0.6) is 5.75 Å². The number of ether oxygens (including phenoxy) is 1. The van der Waals surface area contributed by atoms with E-state index in [2.05, 4.69) is 42.2 Å².